The Morgan fingerprint density at radius 2 is 1.76 bits per heavy atom. The summed E-state index contributed by atoms with van der Waals surface area (Å²) in [7, 11) is 0. The maximum Gasteiger partial charge on any atom is 0.225 e. The fraction of sp³-hybridized carbons (Fsp3) is 0.360. The SMILES string of the molecule is O=C(C1CC1)N1CCC(F)(Cc2ccc(-c3cnc4ccccc4c3)cc2)CC1. The Labute approximate surface area is 170 Å². The highest BCUT2D eigenvalue weighted by Gasteiger charge is 2.39. The molecule has 1 aromatic heterocycles. The number of nitrogens with zero attached hydrogens (tertiary/aromatic N) is 2. The molecule has 3 nitrogen and oxygen atoms in total. The van der Waals surface area contributed by atoms with Gasteiger partial charge in [0.15, 0.2) is 0 Å². The van der Waals surface area contributed by atoms with E-state index in [1.807, 2.05) is 41.4 Å². The molecule has 29 heavy (non-hydrogen) atoms. The average molecular weight is 388 g/mol. The molecular weight excluding hydrogens is 363 g/mol. The molecule has 5 rings (SSSR count). The summed E-state index contributed by atoms with van der Waals surface area (Å²) in [5.41, 5.74) is 2.93. The highest BCUT2D eigenvalue weighted by molar-refractivity contribution is 5.83. The monoisotopic (exact) mass is 388 g/mol. The molecule has 1 aliphatic carbocycles. The van der Waals surface area contributed by atoms with E-state index in [-0.39, 0.29) is 11.8 Å². The number of hydrogen-bond donors (Lipinski definition) is 0. The zero-order chi connectivity index (χ0) is 19.8. The number of para-hydroxylation sites is 1. The highest BCUT2D eigenvalue weighted by atomic mass is 19.1. The number of piperidine rings is 1. The zero-order valence-corrected chi connectivity index (χ0v) is 16.5. The van der Waals surface area contributed by atoms with Crippen LogP contribution in [-0.2, 0) is 11.2 Å². The lowest BCUT2D eigenvalue weighted by Gasteiger charge is -2.36. The minimum atomic E-state index is -1.22. The summed E-state index contributed by atoms with van der Waals surface area (Å²) in [4.78, 5) is 18.6. The lowest BCUT2D eigenvalue weighted by atomic mass is 9.86. The number of pyridine rings is 1. The summed E-state index contributed by atoms with van der Waals surface area (Å²) in [6.07, 6.45) is 5.18. The second kappa shape index (κ2) is 7.25. The summed E-state index contributed by atoms with van der Waals surface area (Å²) in [5, 5.41) is 1.12. The van der Waals surface area contributed by atoms with Gasteiger partial charge in [-0.15, -0.1) is 0 Å². The molecule has 1 saturated heterocycles. The van der Waals surface area contributed by atoms with Crippen LogP contribution >= 0.6 is 0 Å². The number of fused-ring (bicyclic) bond motifs is 1. The van der Waals surface area contributed by atoms with Crippen molar-refractivity contribution in [3.63, 3.8) is 0 Å². The Bertz CT molecular complexity index is 1030. The van der Waals surface area contributed by atoms with Crippen LogP contribution in [0.25, 0.3) is 22.0 Å². The van der Waals surface area contributed by atoms with Crippen molar-refractivity contribution < 1.29 is 9.18 Å². The van der Waals surface area contributed by atoms with Crippen LogP contribution in [0.3, 0.4) is 0 Å². The standard InChI is InChI=1S/C25H25FN2O/c26-25(11-13-28(14-12-25)24(29)20-9-10-20)16-18-5-7-19(8-6-18)22-15-21-3-1-2-4-23(21)27-17-22/h1-8,15,17,20H,9-14,16H2. The van der Waals surface area contributed by atoms with Gasteiger partial charge in [0.2, 0.25) is 5.91 Å². The molecule has 2 aliphatic rings. The quantitative estimate of drug-likeness (QED) is 0.617. The fourth-order valence-corrected chi connectivity index (χ4v) is 4.30. The number of likely N-dealkylation sites (tertiary alicyclic amines) is 1. The third-order valence-electron chi connectivity index (χ3n) is 6.30. The molecule has 1 aliphatic heterocycles. The van der Waals surface area contributed by atoms with Crippen LogP contribution in [0.1, 0.15) is 31.2 Å². The number of benzene rings is 2. The molecule has 1 saturated carbocycles. The Kier molecular flexibility index (Phi) is 4.57. The first kappa shape index (κ1) is 18.3. The fourth-order valence-electron chi connectivity index (χ4n) is 4.30. The number of rotatable bonds is 4. The van der Waals surface area contributed by atoms with E-state index in [1.54, 1.807) is 0 Å². The average Bonchev–Trinajstić information content (AvgIpc) is 3.59. The van der Waals surface area contributed by atoms with Gasteiger partial charge in [-0.25, -0.2) is 4.39 Å². The van der Waals surface area contributed by atoms with Gasteiger partial charge in [0.1, 0.15) is 5.67 Å². The first-order valence-corrected chi connectivity index (χ1v) is 10.5. The van der Waals surface area contributed by atoms with Gasteiger partial charge in [-0.05, 0) is 48.9 Å². The number of hydrogen-bond acceptors (Lipinski definition) is 2. The van der Waals surface area contributed by atoms with Gasteiger partial charge in [-0.2, -0.15) is 0 Å². The molecule has 0 radical (unpaired) electrons. The molecule has 0 bridgehead atoms. The molecule has 0 N–H and O–H groups in total. The first-order valence-electron chi connectivity index (χ1n) is 10.5. The Morgan fingerprint density at radius 3 is 2.48 bits per heavy atom. The highest BCUT2D eigenvalue weighted by Crippen LogP contribution is 2.35. The molecular formula is C25H25FN2O. The van der Waals surface area contributed by atoms with Gasteiger partial charge in [-0.3, -0.25) is 9.78 Å². The number of halogens is 1. The lowest BCUT2D eigenvalue weighted by molar-refractivity contribution is -0.135. The van der Waals surface area contributed by atoms with E-state index in [9.17, 15) is 4.79 Å². The summed E-state index contributed by atoms with van der Waals surface area (Å²) in [5.74, 6) is 0.458. The molecule has 4 heteroatoms. The second-order valence-corrected chi connectivity index (χ2v) is 8.54. The third-order valence-corrected chi connectivity index (χ3v) is 6.30. The van der Waals surface area contributed by atoms with Crippen LogP contribution in [0.5, 0.6) is 0 Å². The van der Waals surface area contributed by atoms with Crippen LogP contribution in [-0.4, -0.2) is 34.5 Å². The van der Waals surface area contributed by atoms with Crippen molar-refractivity contribution in [1.82, 2.24) is 9.88 Å². The molecule has 0 unspecified atom stereocenters. The number of amides is 1. The Morgan fingerprint density at radius 1 is 1.03 bits per heavy atom. The van der Waals surface area contributed by atoms with Gasteiger partial charge in [0.25, 0.3) is 0 Å². The van der Waals surface area contributed by atoms with Crippen LogP contribution in [0.15, 0.2) is 60.8 Å². The minimum Gasteiger partial charge on any atom is -0.342 e. The number of aromatic nitrogens is 1. The van der Waals surface area contributed by atoms with Crippen LogP contribution in [0.2, 0.25) is 0 Å². The van der Waals surface area contributed by atoms with Crippen molar-refractivity contribution in [1.29, 1.82) is 0 Å². The van der Waals surface area contributed by atoms with Crippen LogP contribution in [0, 0.1) is 5.92 Å². The molecule has 0 spiro atoms. The van der Waals surface area contributed by atoms with Crippen molar-refractivity contribution in [2.24, 2.45) is 5.92 Å². The molecule has 2 fully saturated rings. The molecule has 3 aromatic rings. The zero-order valence-electron chi connectivity index (χ0n) is 16.5. The van der Waals surface area contributed by atoms with Gasteiger partial charge in [-0.1, -0.05) is 42.5 Å². The molecule has 1 amide bonds. The molecule has 148 valence electrons. The molecule has 2 aromatic carbocycles. The third kappa shape index (κ3) is 3.89. The van der Waals surface area contributed by atoms with Crippen molar-refractivity contribution in [2.75, 3.05) is 13.1 Å². The Balaban J connectivity index is 1.26. The maximum atomic E-state index is 15.4. The van der Waals surface area contributed by atoms with E-state index >= 15 is 4.39 Å². The van der Waals surface area contributed by atoms with E-state index in [1.165, 1.54) is 0 Å². The topological polar surface area (TPSA) is 33.2 Å². The predicted octanol–water partition coefficient (Wildman–Crippen LogP) is 5.19. The minimum absolute atomic E-state index is 0.222. The van der Waals surface area contributed by atoms with E-state index in [0.29, 0.717) is 32.4 Å². The van der Waals surface area contributed by atoms with E-state index in [2.05, 4.69) is 29.2 Å². The van der Waals surface area contributed by atoms with E-state index in [4.69, 9.17) is 0 Å². The first-order chi connectivity index (χ1) is 14.1. The van der Waals surface area contributed by atoms with Gasteiger partial charge in [0.05, 0.1) is 5.52 Å². The summed E-state index contributed by atoms with van der Waals surface area (Å²) >= 11 is 0. The summed E-state index contributed by atoms with van der Waals surface area (Å²) < 4.78 is 15.4. The van der Waals surface area contributed by atoms with Gasteiger partial charge < -0.3 is 4.90 Å². The molecule has 2 heterocycles. The predicted molar refractivity (Wildman–Crippen MR) is 113 cm³/mol. The van der Waals surface area contributed by atoms with E-state index < -0.39 is 5.67 Å². The number of carbonyl (C=O) groups is 1. The maximum absolute atomic E-state index is 15.4. The van der Waals surface area contributed by atoms with Gasteiger partial charge in [0, 0.05) is 42.6 Å². The van der Waals surface area contributed by atoms with Crippen LogP contribution < -0.4 is 0 Å². The largest absolute Gasteiger partial charge is 0.342 e. The van der Waals surface area contributed by atoms with E-state index in [0.717, 1.165) is 40.4 Å². The summed E-state index contributed by atoms with van der Waals surface area (Å²) in [6.45, 7) is 1.10. The number of alkyl halides is 1. The van der Waals surface area contributed by atoms with Crippen molar-refractivity contribution in [3.05, 3.63) is 66.4 Å². The molecule has 0 atom stereocenters. The van der Waals surface area contributed by atoms with Crippen molar-refractivity contribution in [3.8, 4) is 11.1 Å². The van der Waals surface area contributed by atoms with Crippen LogP contribution in [0.4, 0.5) is 4.39 Å². The summed E-state index contributed by atoms with van der Waals surface area (Å²) in [6, 6.07) is 18.4. The van der Waals surface area contributed by atoms with Crippen molar-refractivity contribution in [2.45, 2.75) is 37.8 Å². The smallest absolute Gasteiger partial charge is 0.225 e. The lowest BCUT2D eigenvalue weighted by Crippen LogP contribution is -2.46. The Hall–Kier alpha value is -2.75. The van der Waals surface area contributed by atoms with Crippen molar-refractivity contribution >= 4 is 16.8 Å². The van der Waals surface area contributed by atoms with Gasteiger partial charge >= 0.3 is 0 Å². The normalized spacial score (nSPS) is 18.7. The second-order valence-electron chi connectivity index (χ2n) is 8.54. The number of carbonyl (C=O) groups excluding carboxylic acids is 1.